The van der Waals surface area contributed by atoms with E-state index in [1.54, 1.807) is 0 Å². The molecule has 0 fully saturated rings. The van der Waals surface area contributed by atoms with E-state index < -0.39 is 18.1 Å². The number of hydrogen-bond donors (Lipinski definition) is 1. The van der Waals surface area contributed by atoms with Crippen molar-refractivity contribution in [1.29, 1.82) is 0 Å². The summed E-state index contributed by atoms with van der Waals surface area (Å²) in [5.74, 6) is -6.26. The minimum Gasteiger partial charge on any atom is -0.242 e. The summed E-state index contributed by atoms with van der Waals surface area (Å²) in [5.41, 5.74) is 0.632. The quantitative estimate of drug-likeness (QED) is 0.384. The normalized spacial score (nSPS) is 13.8. The summed E-state index contributed by atoms with van der Waals surface area (Å²) >= 11 is 5.55. The van der Waals surface area contributed by atoms with Crippen LogP contribution in [0.2, 0.25) is 5.02 Å². The topological polar surface area (TPSA) is 24.4 Å². The summed E-state index contributed by atoms with van der Waals surface area (Å²) in [7, 11) is 0. The first-order valence-corrected chi connectivity index (χ1v) is 5.23. The summed E-state index contributed by atoms with van der Waals surface area (Å²) in [6, 6.07) is -0.158. The van der Waals surface area contributed by atoms with Gasteiger partial charge in [0.2, 0.25) is 0 Å². The third kappa shape index (κ3) is 3.53. The van der Waals surface area contributed by atoms with E-state index >= 15 is 0 Å². The van der Waals surface area contributed by atoms with Gasteiger partial charge < -0.3 is 0 Å². The van der Waals surface area contributed by atoms with Gasteiger partial charge in [0.25, 0.3) is 0 Å². The molecule has 20 heavy (non-hydrogen) atoms. The van der Waals surface area contributed by atoms with Gasteiger partial charge in [-0.25, -0.2) is 5.43 Å². The van der Waals surface area contributed by atoms with E-state index in [4.69, 9.17) is 11.6 Å². The third-order valence-corrected chi connectivity index (χ3v) is 2.25. The Morgan fingerprint density at radius 2 is 1.65 bits per heavy atom. The number of nitrogens with one attached hydrogen (secondary N) is 1. The summed E-state index contributed by atoms with van der Waals surface area (Å²) < 4.78 is 85.8. The van der Waals surface area contributed by atoms with Crippen molar-refractivity contribution in [1.82, 2.24) is 5.43 Å². The lowest BCUT2D eigenvalue weighted by molar-refractivity contribution is -0.361. The summed E-state index contributed by atoms with van der Waals surface area (Å²) in [5, 5.41) is 2.88. The standard InChI is InChI=1S/C10H6ClF7N2/c11-7-3-1-2-6(4-7)5-19-20-10(17,18)8(12,13)9(14,15)16/h1-5,20H/b19-5+. The minimum absolute atomic E-state index is 0.135. The van der Waals surface area contributed by atoms with Crippen molar-refractivity contribution in [3.8, 4) is 0 Å². The van der Waals surface area contributed by atoms with Crippen molar-refractivity contribution in [2.24, 2.45) is 5.10 Å². The van der Waals surface area contributed by atoms with Gasteiger partial charge in [-0.3, -0.25) is 0 Å². The largest absolute Gasteiger partial charge is 0.462 e. The van der Waals surface area contributed by atoms with Crippen LogP contribution < -0.4 is 5.43 Å². The number of nitrogens with zero attached hydrogens (tertiary/aromatic N) is 1. The van der Waals surface area contributed by atoms with E-state index in [1.807, 2.05) is 0 Å². The molecule has 0 aliphatic heterocycles. The van der Waals surface area contributed by atoms with E-state index in [1.165, 1.54) is 24.3 Å². The molecule has 112 valence electrons. The van der Waals surface area contributed by atoms with E-state index in [2.05, 4.69) is 5.10 Å². The highest BCUT2D eigenvalue weighted by Crippen LogP contribution is 2.44. The van der Waals surface area contributed by atoms with Crippen molar-refractivity contribution in [3.63, 3.8) is 0 Å². The molecule has 1 N–H and O–H groups in total. The van der Waals surface area contributed by atoms with Crippen molar-refractivity contribution in [3.05, 3.63) is 34.9 Å². The number of hydrazone groups is 1. The van der Waals surface area contributed by atoms with Gasteiger partial charge in [0.1, 0.15) is 0 Å². The van der Waals surface area contributed by atoms with Gasteiger partial charge in [0.15, 0.2) is 0 Å². The Labute approximate surface area is 113 Å². The second kappa shape index (κ2) is 5.47. The molecule has 0 atom stereocenters. The van der Waals surface area contributed by atoms with Crippen LogP contribution in [0.5, 0.6) is 0 Å². The number of alkyl halides is 7. The van der Waals surface area contributed by atoms with Crippen molar-refractivity contribution >= 4 is 17.8 Å². The summed E-state index contributed by atoms with van der Waals surface area (Å²) in [6.07, 6.45) is -5.78. The Hall–Kier alpha value is -1.51. The van der Waals surface area contributed by atoms with Crippen LogP contribution in [0.1, 0.15) is 5.56 Å². The van der Waals surface area contributed by atoms with Gasteiger partial charge >= 0.3 is 18.1 Å². The number of rotatable bonds is 4. The Morgan fingerprint density at radius 1 is 1.05 bits per heavy atom. The molecule has 0 aromatic heterocycles. The predicted molar refractivity (Wildman–Crippen MR) is 58.1 cm³/mol. The van der Waals surface area contributed by atoms with Gasteiger partial charge in [0.05, 0.1) is 6.21 Å². The molecule has 0 spiro atoms. The molecule has 2 nitrogen and oxygen atoms in total. The van der Waals surface area contributed by atoms with Crippen LogP contribution in [0.4, 0.5) is 30.7 Å². The molecule has 0 saturated heterocycles. The molecule has 0 heterocycles. The van der Waals surface area contributed by atoms with Crippen LogP contribution in [0.25, 0.3) is 0 Å². The minimum atomic E-state index is -6.41. The molecule has 0 saturated carbocycles. The second-order valence-electron chi connectivity index (χ2n) is 3.57. The smallest absolute Gasteiger partial charge is 0.242 e. The summed E-state index contributed by atoms with van der Waals surface area (Å²) in [4.78, 5) is 0. The van der Waals surface area contributed by atoms with Crippen LogP contribution in [-0.4, -0.2) is 24.4 Å². The fourth-order valence-corrected chi connectivity index (χ4v) is 1.22. The van der Waals surface area contributed by atoms with Gasteiger partial charge in [0, 0.05) is 5.02 Å². The van der Waals surface area contributed by atoms with E-state index in [0.717, 1.165) is 0 Å². The molecule has 0 radical (unpaired) electrons. The SMILES string of the molecule is FC(F)(F)C(F)(F)C(F)(F)N/N=C/c1cccc(Cl)c1. The Bertz CT molecular complexity index is 499. The summed E-state index contributed by atoms with van der Waals surface area (Å²) in [6.45, 7) is 0. The molecule has 1 aromatic carbocycles. The van der Waals surface area contributed by atoms with Gasteiger partial charge in [-0.05, 0) is 17.7 Å². The monoisotopic (exact) mass is 322 g/mol. The molecule has 1 aromatic rings. The van der Waals surface area contributed by atoms with Crippen molar-refractivity contribution in [2.75, 3.05) is 0 Å². The third-order valence-electron chi connectivity index (χ3n) is 2.02. The molecule has 0 aliphatic carbocycles. The van der Waals surface area contributed by atoms with Gasteiger partial charge in [-0.15, -0.1) is 0 Å². The van der Waals surface area contributed by atoms with E-state index in [0.29, 0.717) is 11.6 Å². The highest BCUT2D eigenvalue weighted by atomic mass is 35.5. The Morgan fingerprint density at radius 3 is 2.15 bits per heavy atom. The molecular weight excluding hydrogens is 317 g/mol. The first-order chi connectivity index (χ1) is 8.97. The fraction of sp³-hybridized carbons (Fsp3) is 0.300. The van der Waals surface area contributed by atoms with Crippen molar-refractivity contribution < 1.29 is 30.7 Å². The molecule has 0 unspecified atom stereocenters. The maximum Gasteiger partial charge on any atom is 0.462 e. The van der Waals surface area contributed by atoms with E-state index in [9.17, 15) is 30.7 Å². The Kier molecular flexibility index (Phi) is 4.52. The van der Waals surface area contributed by atoms with Crippen LogP contribution in [-0.2, 0) is 0 Å². The number of hydrogen-bond acceptors (Lipinski definition) is 2. The van der Waals surface area contributed by atoms with Gasteiger partial charge in [-0.1, -0.05) is 23.7 Å². The maximum absolute atomic E-state index is 12.8. The zero-order chi connectivity index (χ0) is 15.6. The fourth-order valence-electron chi connectivity index (χ4n) is 1.02. The Balaban J connectivity index is 2.82. The molecule has 0 amide bonds. The van der Waals surface area contributed by atoms with Crippen LogP contribution in [0.15, 0.2) is 29.4 Å². The molecular formula is C10H6ClF7N2. The van der Waals surface area contributed by atoms with Crippen LogP contribution in [0.3, 0.4) is 0 Å². The zero-order valence-corrected chi connectivity index (χ0v) is 10.1. The highest BCUT2D eigenvalue weighted by Gasteiger charge is 2.73. The van der Waals surface area contributed by atoms with Crippen LogP contribution in [0, 0.1) is 0 Å². The number of benzene rings is 1. The molecule has 0 bridgehead atoms. The zero-order valence-electron chi connectivity index (χ0n) is 9.36. The molecule has 1 rings (SSSR count). The lowest BCUT2D eigenvalue weighted by Crippen LogP contribution is -2.58. The maximum atomic E-state index is 12.8. The number of halogens is 8. The average molecular weight is 323 g/mol. The lowest BCUT2D eigenvalue weighted by atomic mass is 10.2. The van der Waals surface area contributed by atoms with Crippen LogP contribution >= 0.6 is 11.6 Å². The highest BCUT2D eigenvalue weighted by molar-refractivity contribution is 6.30. The van der Waals surface area contributed by atoms with Crippen molar-refractivity contribution in [2.45, 2.75) is 18.1 Å². The predicted octanol–water partition coefficient (Wildman–Crippen LogP) is 4.05. The molecule has 0 aliphatic rings. The second-order valence-corrected chi connectivity index (χ2v) is 4.01. The van der Waals surface area contributed by atoms with Gasteiger partial charge in [-0.2, -0.15) is 35.8 Å². The molecule has 10 heteroatoms. The lowest BCUT2D eigenvalue weighted by Gasteiger charge is -2.27. The average Bonchev–Trinajstić information content (AvgIpc) is 2.27. The first-order valence-electron chi connectivity index (χ1n) is 4.85. The van der Waals surface area contributed by atoms with E-state index in [-0.39, 0.29) is 10.6 Å². The first kappa shape index (κ1) is 16.5.